The van der Waals surface area contributed by atoms with Crippen molar-refractivity contribution in [2.24, 2.45) is 0 Å². The van der Waals surface area contributed by atoms with E-state index in [4.69, 9.17) is 0 Å². The molecule has 1 saturated carbocycles. The molecule has 1 N–H and O–H groups in total. The Hall–Kier alpha value is -1.97. The summed E-state index contributed by atoms with van der Waals surface area (Å²) in [5, 5.41) is 16.1. The van der Waals surface area contributed by atoms with Crippen LogP contribution in [0.1, 0.15) is 43.3 Å². The van der Waals surface area contributed by atoms with Crippen molar-refractivity contribution >= 4 is 17.7 Å². The van der Waals surface area contributed by atoms with Gasteiger partial charge in [-0.3, -0.25) is 9.69 Å². The van der Waals surface area contributed by atoms with Crippen LogP contribution < -0.4 is 5.32 Å². The average molecular weight is 430 g/mol. The zero-order valence-corrected chi connectivity index (χ0v) is 18.4. The monoisotopic (exact) mass is 429 g/mol. The van der Waals surface area contributed by atoms with Crippen LogP contribution in [0.25, 0.3) is 0 Å². The summed E-state index contributed by atoms with van der Waals surface area (Å²) in [6.45, 7) is 5.01. The second-order valence-electron chi connectivity index (χ2n) is 8.27. The molecule has 1 unspecified atom stereocenters. The van der Waals surface area contributed by atoms with Crippen molar-refractivity contribution in [3.63, 3.8) is 0 Å². The molecule has 8 nitrogen and oxygen atoms in total. The molecule has 4 rings (SSSR count). The summed E-state index contributed by atoms with van der Waals surface area (Å²) in [4.78, 5) is 17.6. The topological polar surface area (TPSA) is 79.2 Å². The molecule has 2 aromatic rings. The molecular weight excluding hydrogens is 398 g/mol. The third kappa shape index (κ3) is 5.59. The second kappa shape index (κ2) is 10.4. The Kier molecular flexibility index (Phi) is 7.35. The fraction of sp³-hybridized carbons (Fsp3) is 0.619. The summed E-state index contributed by atoms with van der Waals surface area (Å²) in [6.07, 6.45) is 4.68. The van der Waals surface area contributed by atoms with Gasteiger partial charge in [-0.1, -0.05) is 54.9 Å². The molecule has 2 aliphatic rings. The summed E-state index contributed by atoms with van der Waals surface area (Å²) in [5.74, 6) is 0.336. The smallest absolute Gasteiger partial charge is 0.231 e. The molecule has 0 radical (unpaired) electrons. The van der Waals surface area contributed by atoms with Gasteiger partial charge in [-0.2, -0.15) is 0 Å². The fourth-order valence-corrected chi connectivity index (χ4v) is 4.99. The third-order valence-corrected chi connectivity index (χ3v) is 6.97. The van der Waals surface area contributed by atoms with Crippen molar-refractivity contribution in [3.05, 3.63) is 35.9 Å². The highest BCUT2D eigenvalue weighted by Crippen LogP contribution is 2.31. The normalized spacial score (nSPS) is 19.8. The van der Waals surface area contributed by atoms with Gasteiger partial charge in [-0.25, -0.2) is 4.68 Å². The SMILES string of the molecule is CN1CCN(CC(NC(=O)CSc2nnnn2C2CCCC2)c2ccccc2)CC1. The lowest BCUT2D eigenvalue weighted by Gasteiger charge is -2.35. The largest absolute Gasteiger partial charge is 0.347 e. The minimum Gasteiger partial charge on any atom is -0.347 e. The number of nitrogens with one attached hydrogen (secondary N) is 1. The van der Waals surface area contributed by atoms with Gasteiger partial charge in [0.25, 0.3) is 0 Å². The Labute approximate surface area is 182 Å². The van der Waals surface area contributed by atoms with Crippen molar-refractivity contribution in [2.75, 3.05) is 45.5 Å². The first-order chi connectivity index (χ1) is 14.7. The highest BCUT2D eigenvalue weighted by Gasteiger charge is 2.24. The molecule has 1 aliphatic carbocycles. The van der Waals surface area contributed by atoms with Gasteiger partial charge in [0, 0.05) is 32.7 Å². The second-order valence-corrected chi connectivity index (χ2v) is 9.21. The number of rotatable bonds is 8. The lowest BCUT2D eigenvalue weighted by atomic mass is 10.1. The van der Waals surface area contributed by atoms with E-state index in [9.17, 15) is 4.79 Å². The fourth-order valence-electron chi connectivity index (χ4n) is 4.23. The molecule has 9 heteroatoms. The van der Waals surface area contributed by atoms with Crippen molar-refractivity contribution in [2.45, 2.75) is 42.9 Å². The minimum atomic E-state index is -0.0199. The quantitative estimate of drug-likeness (QED) is 0.643. The van der Waals surface area contributed by atoms with Gasteiger partial charge < -0.3 is 10.2 Å². The van der Waals surface area contributed by atoms with E-state index < -0.39 is 0 Å². The van der Waals surface area contributed by atoms with Crippen molar-refractivity contribution in [1.82, 2.24) is 35.3 Å². The highest BCUT2D eigenvalue weighted by atomic mass is 32.2. The van der Waals surface area contributed by atoms with E-state index >= 15 is 0 Å². The van der Waals surface area contributed by atoms with Crippen LogP contribution in [0, 0.1) is 0 Å². The molecule has 1 aromatic carbocycles. The predicted molar refractivity (Wildman–Crippen MR) is 117 cm³/mol. The zero-order valence-electron chi connectivity index (χ0n) is 17.6. The van der Waals surface area contributed by atoms with Crippen LogP contribution in [0.2, 0.25) is 0 Å². The first kappa shape index (κ1) is 21.3. The molecular formula is C21H31N7OS. The number of piperazine rings is 1. The summed E-state index contributed by atoms with van der Waals surface area (Å²) in [7, 11) is 2.16. The average Bonchev–Trinajstić information content (AvgIpc) is 3.45. The lowest BCUT2D eigenvalue weighted by molar-refractivity contribution is -0.119. The standard InChI is InChI=1S/C21H31N7OS/c1-26-11-13-27(14-12-26)15-19(17-7-3-2-4-8-17)22-20(29)16-30-21-23-24-25-28(21)18-9-5-6-10-18/h2-4,7-8,18-19H,5-6,9-16H2,1H3,(H,22,29). The molecule has 2 heterocycles. The van der Waals surface area contributed by atoms with Gasteiger partial charge in [0.05, 0.1) is 17.8 Å². The predicted octanol–water partition coefficient (Wildman–Crippen LogP) is 1.99. The Balaban J connectivity index is 1.35. The van der Waals surface area contributed by atoms with E-state index in [0.29, 0.717) is 11.8 Å². The highest BCUT2D eigenvalue weighted by molar-refractivity contribution is 7.99. The number of hydrogen-bond donors (Lipinski definition) is 1. The minimum absolute atomic E-state index is 0.0175. The van der Waals surface area contributed by atoms with Crippen LogP contribution in [0.3, 0.4) is 0 Å². The summed E-state index contributed by atoms with van der Waals surface area (Å²) >= 11 is 1.43. The molecule has 162 valence electrons. The van der Waals surface area contributed by atoms with Crippen LogP contribution in [-0.4, -0.2) is 81.4 Å². The molecule has 1 saturated heterocycles. The number of aromatic nitrogens is 4. The molecule has 1 amide bonds. The van der Waals surface area contributed by atoms with Crippen molar-refractivity contribution in [1.29, 1.82) is 0 Å². The van der Waals surface area contributed by atoms with Gasteiger partial charge in [0.2, 0.25) is 11.1 Å². The number of carbonyl (C=O) groups is 1. The van der Waals surface area contributed by atoms with Crippen LogP contribution in [0.4, 0.5) is 0 Å². The summed E-state index contributed by atoms with van der Waals surface area (Å²) in [5.41, 5.74) is 1.14. The molecule has 1 aliphatic heterocycles. The lowest BCUT2D eigenvalue weighted by Crippen LogP contribution is -2.48. The number of tetrazole rings is 1. The Morgan fingerprint density at radius 3 is 2.63 bits per heavy atom. The molecule has 0 bridgehead atoms. The number of thioether (sulfide) groups is 1. The van der Waals surface area contributed by atoms with Gasteiger partial charge in [-0.15, -0.1) is 5.10 Å². The van der Waals surface area contributed by atoms with E-state index in [-0.39, 0.29) is 11.9 Å². The van der Waals surface area contributed by atoms with E-state index in [2.05, 4.69) is 49.8 Å². The molecule has 1 atom stereocenters. The Morgan fingerprint density at radius 1 is 1.17 bits per heavy atom. The number of benzene rings is 1. The Morgan fingerprint density at radius 2 is 1.90 bits per heavy atom. The van der Waals surface area contributed by atoms with Crippen molar-refractivity contribution in [3.8, 4) is 0 Å². The maximum absolute atomic E-state index is 12.8. The van der Waals surface area contributed by atoms with E-state index in [1.165, 1.54) is 24.6 Å². The zero-order chi connectivity index (χ0) is 20.8. The molecule has 1 aromatic heterocycles. The van der Waals surface area contributed by atoms with Gasteiger partial charge in [0.15, 0.2) is 0 Å². The van der Waals surface area contributed by atoms with Gasteiger partial charge >= 0.3 is 0 Å². The number of nitrogens with zero attached hydrogens (tertiary/aromatic N) is 6. The number of amides is 1. The Bertz CT molecular complexity index is 801. The van der Waals surface area contributed by atoms with Crippen LogP contribution in [0.5, 0.6) is 0 Å². The number of hydrogen-bond acceptors (Lipinski definition) is 7. The first-order valence-corrected chi connectivity index (χ1v) is 11.8. The molecule has 30 heavy (non-hydrogen) atoms. The number of carbonyl (C=O) groups excluding carboxylic acids is 1. The van der Waals surface area contributed by atoms with Crippen molar-refractivity contribution < 1.29 is 4.79 Å². The maximum Gasteiger partial charge on any atom is 0.231 e. The summed E-state index contributed by atoms with van der Waals surface area (Å²) in [6, 6.07) is 10.6. The third-order valence-electron chi connectivity index (χ3n) is 6.04. The number of likely N-dealkylation sites (N-methyl/N-ethyl adjacent to an activating group) is 1. The first-order valence-electron chi connectivity index (χ1n) is 10.8. The molecule has 0 spiro atoms. The van der Waals surface area contributed by atoms with E-state index in [1.807, 2.05) is 22.9 Å². The van der Waals surface area contributed by atoms with E-state index in [1.54, 1.807) is 0 Å². The van der Waals surface area contributed by atoms with Gasteiger partial charge in [0.1, 0.15) is 0 Å². The van der Waals surface area contributed by atoms with Gasteiger partial charge in [-0.05, 0) is 35.9 Å². The van der Waals surface area contributed by atoms with Crippen LogP contribution in [0.15, 0.2) is 35.5 Å². The van der Waals surface area contributed by atoms with Crippen LogP contribution >= 0.6 is 11.8 Å². The summed E-state index contributed by atoms with van der Waals surface area (Å²) < 4.78 is 1.91. The maximum atomic E-state index is 12.8. The van der Waals surface area contributed by atoms with E-state index in [0.717, 1.165) is 56.3 Å². The molecule has 2 fully saturated rings. The van der Waals surface area contributed by atoms with Crippen LogP contribution in [-0.2, 0) is 4.79 Å².